The van der Waals surface area contributed by atoms with Crippen LogP contribution in [-0.2, 0) is 5.60 Å². The molecule has 0 bridgehead atoms. The first-order chi connectivity index (χ1) is 13.4. The van der Waals surface area contributed by atoms with E-state index < -0.39 is 5.60 Å². The van der Waals surface area contributed by atoms with Crippen molar-refractivity contribution in [3.05, 3.63) is 42.2 Å². The standard InChI is InChI=1S/C16H18N4O2.C5H11N/c1-16(2,21)10-9-20-12(11-5-4-6-14(17)19-11)8-18-15(20)7-13(10)22-3;1-2-4-6-5-3-1/h4-9,21H,1-3H3,(H2,17,19);6H,1-5H2. The third kappa shape index (κ3) is 4.61. The minimum absolute atomic E-state index is 0.448. The Labute approximate surface area is 165 Å². The molecular formula is C21H29N5O2. The molecule has 0 aliphatic carbocycles. The zero-order chi connectivity index (χ0) is 20.1. The molecule has 1 fully saturated rings. The number of fused-ring (bicyclic) bond motifs is 1. The maximum absolute atomic E-state index is 10.4. The molecule has 3 aromatic heterocycles. The van der Waals surface area contributed by atoms with Gasteiger partial charge in [-0.2, -0.15) is 0 Å². The zero-order valence-corrected chi connectivity index (χ0v) is 16.8. The highest BCUT2D eigenvalue weighted by molar-refractivity contribution is 5.63. The van der Waals surface area contributed by atoms with Gasteiger partial charge in [0.05, 0.1) is 30.3 Å². The number of piperidine rings is 1. The second kappa shape index (κ2) is 8.58. The van der Waals surface area contributed by atoms with Gasteiger partial charge in [-0.15, -0.1) is 0 Å². The fourth-order valence-corrected chi connectivity index (χ4v) is 3.22. The number of nitrogens with two attached hydrogens (primary N) is 1. The number of ether oxygens (including phenoxy) is 1. The molecule has 150 valence electrons. The summed E-state index contributed by atoms with van der Waals surface area (Å²) in [6, 6.07) is 7.24. The number of nitrogens with one attached hydrogen (secondary N) is 1. The molecule has 28 heavy (non-hydrogen) atoms. The average molecular weight is 383 g/mol. The second-order valence-electron chi connectivity index (χ2n) is 7.44. The van der Waals surface area contributed by atoms with Gasteiger partial charge in [0, 0.05) is 17.8 Å². The van der Waals surface area contributed by atoms with Crippen molar-refractivity contribution in [1.29, 1.82) is 0 Å². The third-order valence-corrected chi connectivity index (χ3v) is 4.73. The van der Waals surface area contributed by atoms with E-state index in [1.165, 1.54) is 32.4 Å². The Bertz CT molecular complexity index is 915. The molecule has 0 atom stereocenters. The van der Waals surface area contributed by atoms with Crippen LogP contribution in [0.25, 0.3) is 17.0 Å². The van der Waals surface area contributed by atoms with Crippen LogP contribution in [-0.4, -0.2) is 39.7 Å². The van der Waals surface area contributed by atoms with Crippen LogP contribution in [0.2, 0.25) is 0 Å². The summed E-state index contributed by atoms with van der Waals surface area (Å²) in [5.41, 5.74) is 7.62. The number of nitrogens with zero attached hydrogens (tertiary/aromatic N) is 3. The first kappa shape index (κ1) is 20.1. The van der Waals surface area contributed by atoms with Gasteiger partial charge in [-0.25, -0.2) is 9.97 Å². The number of rotatable bonds is 3. The Morgan fingerprint density at radius 3 is 2.50 bits per heavy atom. The van der Waals surface area contributed by atoms with Crippen LogP contribution in [0.1, 0.15) is 38.7 Å². The summed E-state index contributed by atoms with van der Waals surface area (Å²) in [6.07, 6.45) is 7.76. The number of pyridine rings is 2. The van der Waals surface area contributed by atoms with Crippen molar-refractivity contribution in [3.8, 4) is 17.1 Å². The van der Waals surface area contributed by atoms with Crippen molar-refractivity contribution in [3.63, 3.8) is 0 Å². The maximum Gasteiger partial charge on any atom is 0.140 e. The van der Waals surface area contributed by atoms with Crippen LogP contribution >= 0.6 is 0 Å². The zero-order valence-electron chi connectivity index (χ0n) is 16.8. The van der Waals surface area contributed by atoms with Crippen molar-refractivity contribution in [2.45, 2.75) is 38.7 Å². The van der Waals surface area contributed by atoms with E-state index >= 15 is 0 Å². The predicted molar refractivity (Wildman–Crippen MR) is 111 cm³/mol. The quantitative estimate of drug-likeness (QED) is 0.643. The Hall–Kier alpha value is -2.64. The Morgan fingerprint density at radius 1 is 1.21 bits per heavy atom. The molecule has 1 aliphatic rings. The van der Waals surface area contributed by atoms with E-state index in [0.717, 1.165) is 11.4 Å². The lowest BCUT2D eigenvalue weighted by atomic mass is 9.99. The van der Waals surface area contributed by atoms with Gasteiger partial charge in [0.2, 0.25) is 0 Å². The number of anilines is 1. The SMILES string of the molecule is C1CCNCC1.COc1cc2ncc(-c3cccc(N)n3)n2cc1C(C)(C)O. The number of imidazole rings is 1. The number of hydrogen-bond acceptors (Lipinski definition) is 6. The fourth-order valence-electron chi connectivity index (χ4n) is 3.22. The first-order valence-electron chi connectivity index (χ1n) is 9.61. The third-order valence-electron chi connectivity index (χ3n) is 4.73. The lowest BCUT2D eigenvalue weighted by Gasteiger charge is -2.21. The molecular weight excluding hydrogens is 354 g/mol. The van der Waals surface area contributed by atoms with E-state index in [1.807, 2.05) is 22.7 Å². The van der Waals surface area contributed by atoms with E-state index in [-0.39, 0.29) is 0 Å². The van der Waals surface area contributed by atoms with Crippen LogP contribution in [0.5, 0.6) is 5.75 Å². The minimum Gasteiger partial charge on any atom is -0.496 e. The van der Waals surface area contributed by atoms with Gasteiger partial charge in [-0.1, -0.05) is 12.5 Å². The summed E-state index contributed by atoms with van der Waals surface area (Å²) < 4.78 is 7.24. The highest BCUT2D eigenvalue weighted by atomic mass is 16.5. The van der Waals surface area contributed by atoms with Crippen LogP contribution in [0.3, 0.4) is 0 Å². The van der Waals surface area contributed by atoms with Crippen LogP contribution in [0.4, 0.5) is 5.82 Å². The molecule has 7 nitrogen and oxygen atoms in total. The van der Waals surface area contributed by atoms with Crippen LogP contribution < -0.4 is 15.8 Å². The molecule has 4 rings (SSSR count). The van der Waals surface area contributed by atoms with E-state index in [0.29, 0.717) is 22.8 Å². The molecule has 4 N–H and O–H groups in total. The number of hydrogen-bond donors (Lipinski definition) is 3. The van der Waals surface area contributed by atoms with Crippen molar-refractivity contribution < 1.29 is 9.84 Å². The van der Waals surface area contributed by atoms with Gasteiger partial charge in [-0.3, -0.25) is 4.40 Å². The van der Waals surface area contributed by atoms with Gasteiger partial charge < -0.3 is 20.9 Å². The van der Waals surface area contributed by atoms with E-state index in [4.69, 9.17) is 10.5 Å². The second-order valence-corrected chi connectivity index (χ2v) is 7.44. The van der Waals surface area contributed by atoms with Crippen LogP contribution in [0, 0.1) is 0 Å². The van der Waals surface area contributed by atoms with E-state index in [1.54, 1.807) is 39.3 Å². The monoisotopic (exact) mass is 383 g/mol. The molecule has 0 aromatic carbocycles. The normalized spacial score (nSPS) is 14.4. The minimum atomic E-state index is -1.04. The molecule has 0 unspecified atom stereocenters. The maximum atomic E-state index is 10.4. The number of methoxy groups -OCH3 is 1. The molecule has 0 saturated carbocycles. The van der Waals surface area contributed by atoms with Crippen molar-refractivity contribution in [1.82, 2.24) is 19.7 Å². The largest absolute Gasteiger partial charge is 0.496 e. The number of aliphatic hydroxyl groups is 1. The summed E-state index contributed by atoms with van der Waals surface area (Å²) in [5.74, 6) is 1.04. The topological polar surface area (TPSA) is 97.7 Å². The molecule has 1 aliphatic heterocycles. The van der Waals surface area contributed by atoms with Gasteiger partial charge in [-0.05, 0) is 51.9 Å². The molecule has 0 radical (unpaired) electrons. The predicted octanol–water partition coefficient (Wildman–Crippen LogP) is 2.97. The smallest absolute Gasteiger partial charge is 0.140 e. The molecule has 7 heteroatoms. The van der Waals surface area contributed by atoms with Crippen molar-refractivity contribution >= 4 is 11.5 Å². The lowest BCUT2D eigenvalue weighted by molar-refractivity contribution is 0.0752. The van der Waals surface area contributed by atoms with E-state index in [2.05, 4.69) is 15.3 Å². The van der Waals surface area contributed by atoms with E-state index in [9.17, 15) is 5.11 Å². The highest BCUT2D eigenvalue weighted by Crippen LogP contribution is 2.32. The Kier molecular flexibility index (Phi) is 6.16. The number of nitrogen functional groups attached to an aromatic ring is 1. The summed E-state index contributed by atoms with van der Waals surface area (Å²) >= 11 is 0. The fraction of sp³-hybridized carbons (Fsp3) is 0.429. The van der Waals surface area contributed by atoms with Gasteiger partial charge in [0.1, 0.15) is 17.2 Å². The van der Waals surface area contributed by atoms with Crippen molar-refractivity contribution in [2.75, 3.05) is 25.9 Å². The van der Waals surface area contributed by atoms with Crippen molar-refractivity contribution in [2.24, 2.45) is 0 Å². The van der Waals surface area contributed by atoms with Gasteiger partial charge >= 0.3 is 0 Å². The molecule has 0 spiro atoms. The molecule has 0 amide bonds. The highest BCUT2D eigenvalue weighted by Gasteiger charge is 2.23. The Morgan fingerprint density at radius 2 is 1.96 bits per heavy atom. The van der Waals surface area contributed by atoms with Gasteiger partial charge in [0.25, 0.3) is 0 Å². The average Bonchev–Trinajstić information content (AvgIpc) is 3.11. The van der Waals surface area contributed by atoms with Gasteiger partial charge in [0.15, 0.2) is 0 Å². The Balaban J connectivity index is 0.000000320. The first-order valence-corrected chi connectivity index (χ1v) is 9.61. The molecule has 3 aromatic rings. The molecule has 1 saturated heterocycles. The number of aromatic nitrogens is 3. The molecule has 4 heterocycles. The summed E-state index contributed by atoms with van der Waals surface area (Å²) in [4.78, 5) is 8.70. The lowest BCUT2D eigenvalue weighted by Crippen LogP contribution is -2.21. The summed E-state index contributed by atoms with van der Waals surface area (Å²) in [5, 5.41) is 13.6. The summed E-state index contributed by atoms with van der Waals surface area (Å²) in [6.45, 7) is 5.93. The van der Waals surface area contributed by atoms with Crippen LogP contribution in [0.15, 0.2) is 36.7 Å². The summed E-state index contributed by atoms with van der Waals surface area (Å²) in [7, 11) is 1.57.